The van der Waals surface area contributed by atoms with Crippen LogP contribution in [0.15, 0.2) is 0 Å². The molecule has 2 saturated heterocycles. The van der Waals surface area contributed by atoms with Crippen molar-refractivity contribution in [2.75, 3.05) is 54.1 Å². The number of hydrogen-bond acceptors (Lipinski definition) is 12. The Hall–Kier alpha value is -0.230. The van der Waals surface area contributed by atoms with Crippen LogP contribution in [0.4, 0.5) is 0 Å². The lowest BCUT2D eigenvalue weighted by Gasteiger charge is -2.39. The number of halogens is 1. The largest absolute Gasteiger partial charge is 1.00 e. The maximum absolute atomic E-state index is 9.78. The van der Waals surface area contributed by atoms with Gasteiger partial charge in [0.1, 0.15) is 49.3 Å². The van der Waals surface area contributed by atoms with Gasteiger partial charge in [-0.1, -0.05) is 0 Å². The van der Waals surface area contributed by atoms with Gasteiger partial charge < -0.3 is 77.1 Å². The average Bonchev–Trinajstić information content (AvgIpc) is 2.89. The lowest BCUT2D eigenvalue weighted by atomic mass is 9.99. The molecule has 2 aliphatic rings. The molecule has 0 radical (unpaired) electrons. The fourth-order valence-corrected chi connectivity index (χ4v) is 2.83. The molecule has 0 aliphatic carbocycles. The molecule has 0 saturated carbocycles. The molecule has 0 unspecified atom stereocenters. The zero-order chi connectivity index (χ0) is 23.3. The molecule has 2 fully saturated rings. The molecular formula is C17H36ClNO12. The van der Waals surface area contributed by atoms with E-state index in [1.807, 2.05) is 0 Å². The second-order valence-corrected chi connectivity index (χ2v) is 8.36. The summed E-state index contributed by atoms with van der Waals surface area (Å²) in [6.45, 7) is -0.940. The van der Waals surface area contributed by atoms with E-state index in [0.717, 1.165) is 11.0 Å². The quantitative estimate of drug-likeness (QED) is 0.155. The summed E-state index contributed by atoms with van der Waals surface area (Å²) in [4.78, 5) is 0. The number of likely N-dealkylation sites (N-methyl/N-ethyl adjacent to an activating group) is 1. The van der Waals surface area contributed by atoms with Gasteiger partial charge in [0.25, 0.3) is 0 Å². The van der Waals surface area contributed by atoms with E-state index in [1.54, 1.807) is 0 Å². The lowest BCUT2D eigenvalue weighted by Crippen LogP contribution is -3.00. The number of quaternary nitrogens is 1. The van der Waals surface area contributed by atoms with Crippen molar-refractivity contribution in [3.63, 3.8) is 0 Å². The number of aliphatic hydroxyl groups excluding tert-OH is 8. The Morgan fingerprint density at radius 2 is 1.45 bits per heavy atom. The highest BCUT2D eigenvalue weighted by atomic mass is 35.5. The zero-order valence-electron chi connectivity index (χ0n) is 17.7. The average molecular weight is 482 g/mol. The van der Waals surface area contributed by atoms with Crippen molar-refractivity contribution < 1.29 is 77.1 Å². The summed E-state index contributed by atoms with van der Waals surface area (Å²) in [6.07, 6.45) is -12.0. The molecule has 188 valence electrons. The van der Waals surface area contributed by atoms with E-state index < -0.39 is 74.6 Å². The predicted molar refractivity (Wildman–Crippen MR) is 98.6 cm³/mol. The van der Waals surface area contributed by atoms with E-state index in [-0.39, 0.29) is 19.0 Å². The lowest BCUT2D eigenvalue weighted by molar-refractivity contribution is -0.870. The first-order valence-electron chi connectivity index (χ1n) is 9.52. The minimum absolute atomic E-state index is 0. The number of aliphatic hydroxyl groups is 9. The van der Waals surface area contributed by atoms with Gasteiger partial charge in [-0.25, -0.2) is 0 Å². The first kappa shape index (κ1) is 30.8. The molecule has 9 atom stereocenters. The van der Waals surface area contributed by atoms with E-state index in [0.29, 0.717) is 0 Å². The molecule has 31 heavy (non-hydrogen) atoms. The smallest absolute Gasteiger partial charge is 0.219 e. The van der Waals surface area contributed by atoms with Gasteiger partial charge in [-0.05, 0) is 0 Å². The van der Waals surface area contributed by atoms with Crippen LogP contribution < -0.4 is 12.4 Å². The standard InChI is InChI=1S/C12H22O11.C5H14NO.ClH/c13-1-4-6(15)8(17)9(18)11(22-4)21-2-5-7(16)10(19)12(20,3-14)23-5;1-6(2,3)4-5-7;/h4-11,13-20H,1-3H2;7H,4-5H2,1-3H3;1H/q;+1;/p-1/t4-,5-,6-,7-,8+,9-,10+,11+,12-;;/m1../s1. The highest BCUT2D eigenvalue weighted by molar-refractivity contribution is 4.95. The Balaban J connectivity index is 0.000000975. The molecular weight excluding hydrogens is 446 g/mol. The van der Waals surface area contributed by atoms with Crippen LogP contribution in [0.2, 0.25) is 0 Å². The molecule has 0 aromatic carbocycles. The van der Waals surface area contributed by atoms with Crippen LogP contribution in [0, 0.1) is 0 Å². The fraction of sp³-hybridized carbons (Fsp3) is 1.00. The summed E-state index contributed by atoms with van der Waals surface area (Å²) < 4.78 is 16.0. The molecule has 0 aromatic heterocycles. The third kappa shape index (κ3) is 8.24. The Labute approximate surface area is 186 Å². The van der Waals surface area contributed by atoms with Gasteiger partial charge in [0, 0.05) is 0 Å². The van der Waals surface area contributed by atoms with Gasteiger partial charge in [0.15, 0.2) is 6.29 Å². The second-order valence-electron chi connectivity index (χ2n) is 8.36. The van der Waals surface area contributed by atoms with Crippen molar-refractivity contribution in [3.05, 3.63) is 0 Å². The normalized spacial score (nSPS) is 40.6. The van der Waals surface area contributed by atoms with Gasteiger partial charge in [-0.3, -0.25) is 0 Å². The summed E-state index contributed by atoms with van der Waals surface area (Å²) in [6, 6.07) is 0. The Bertz CT molecular complexity index is 510. The summed E-state index contributed by atoms with van der Waals surface area (Å²) in [5, 5.41) is 84.5. The minimum atomic E-state index is -2.34. The number of ether oxygens (including phenoxy) is 3. The number of rotatable bonds is 7. The summed E-state index contributed by atoms with van der Waals surface area (Å²) in [5.41, 5.74) is 0. The maximum atomic E-state index is 9.78. The fourth-order valence-electron chi connectivity index (χ4n) is 2.83. The van der Waals surface area contributed by atoms with Gasteiger partial charge in [-0.15, -0.1) is 0 Å². The van der Waals surface area contributed by atoms with Crippen LogP contribution in [0.3, 0.4) is 0 Å². The minimum Gasteiger partial charge on any atom is -1.00 e. The van der Waals surface area contributed by atoms with E-state index in [9.17, 15) is 30.6 Å². The first-order chi connectivity index (χ1) is 13.8. The summed E-state index contributed by atoms with van der Waals surface area (Å²) in [5.74, 6) is -2.34. The van der Waals surface area contributed by atoms with Gasteiger partial charge >= 0.3 is 0 Å². The zero-order valence-corrected chi connectivity index (χ0v) is 18.5. The molecule has 0 amide bonds. The Kier molecular flexibility index (Phi) is 12.8. The molecule has 14 heteroatoms. The van der Waals surface area contributed by atoms with Crippen molar-refractivity contribution in [1.29, 1.82) is 0 Å². The highest BCUT2D eigenvalue weighted by Crippen LogP contribution is 2.30. The molecule has 9 N–H and O–H groups in total. The van der Waals surface area contributed by atoms with Crippen molar-refractivity contribution in [2.45, 2.75) is 54.8 Å². The third-order valence-electron chi connectivity index (χ3n) is 4.79. The van der Waals surface area contributed by atoms with Crippen molar-refractivity contribution >= 4 is 0 Å². The summed E-state index contributed by atoms with van der Waals surface area (Å²) in [7, 11) is 6.16. The van der Waals surface area contributed by atoms with Gasteiger partial charge in [0.05, 0.1) is 47.6 Å². The predicted octanol–water partition coefficient (Wildman–Crippen LogP) is -8.71. The molecule has 13 nitrogen and oxygen atoms in total. The van der Waals surface area contributed by atoms with Crippen LogP contribution >= 0.6 is 0 Å². The van der Waals surface area contributed by atoms with Crippen LogP contribution in [0.5, 0.6) is 0 Å². The van der Waals surface area contributed by atoms with E-state index in [1.165, 1.54) is 0 Å². The molecule has 0 aromatic rings. The van der Waals surface area contributed by atoms with E-state index in [2.05, 4.69) is 21.1 Å². The van der Waals surface area contributed by atoms with Crippen molar-refractivity contribution in [2.24, 2.45) is 0 Å². The van der Waals surface area contributed by atoms with E-state index >= 15 is 0 Å². The second kappa shape index (κ2) is 12.9. The van der Waals surface area contributed by atoms with Crippen LogP contribution in [0.1, 0.15) is 0 Å². The van der Waals surface area contributed by atoms with Crippen LogP contribution in [0.25, 0.3) is 0 Å². The molecule has 0 spiro atoms. The molecule has 2 heterocycles. The van der Waals surface area contributed by atoms with Crippen molar-refractivity contribution in [3.8, 4) is 0 Å². The monoisotopic (exact) mass is 481 g/mol. The first-order valence-corrected chi connectivity index (χ1v) is 9.52. The Morgan fingerprint density at radius 1 is 0.871 bits per heavy atom. The Morgan fingerprint density at radius 3 is 1.84 bits per heavy atom. The maximum Gasteiger partial charge on any atom is 0.219 e. The highest BCUT2D eigenvalue weighted by Gasteiger charge is 2.53. The SMILES string of the molecule is C[N+](C)(C)CCO.OC[C@H]1O[C@H](OC[C@H]2O[C@](O)(CO)[C@@H](O)[C@@H]2O)[C@H](O)[C@@H](O)[C@@H]1O.[Cl-]. The molecule has 0 bridgehead atoms. The topological polar surface area (TPSA) is 210 Å². The number of hydrogen-bond donors (Lipinski definition) is 9. The molecule has 2 aliphatic heterocycles. The van der Waals surface area contributed by atoms with Crippen LogP contribution in [-0.4, -0.2) is 159 Å². The third-order valence-corrected chi connectivity index (χ3v) is 4.79. The van der Waals surface area contributed by atoms with Gasteiger partial charge in [-0.2, -0.15) is 0 Å². The van der Waals surface area contributed by atoms with Gasteiger partial charge in [0.2, 0.25) is 5.79 Å². The molecule has 2 rings (SSSR count). The van der Waals surface area contributed by atoms with E-state index in [4.69, 9.17) is 29.5 Å². The van der Waals surface area contributed by atoms with Crippen molar-refractivity contribution in [1.82, 2.24) is 0 Å². The van der Waals surface area contributed by atoms with Crippen LogP contribution in [-0.2, 0) is 14.2 Å². The summed E-state index contributed by atoms with van der Waals surface area (Å²) >= 11 is 0. The number of nitrogens with zero attached hydrogens (tertiary/aromatic N) is 1.